The molecule has 0 aliphatic carbocycles. The highest BCUT2D eigenvalue weighted by molar-refractivity contribution is 7.89. The normalized spacial score (nSPS) is 20.7. The number of pyridine rings is 1. The van der Waals surface area contributed by atoms with Crippen molar-refractivity contribution >= 4 is 33.7 Å². The molecule has 9 nitrogen and oxygen atoms in total. The van der Waals surface area contributed by atoms with E-state index >= 15 is 0 Å². The molecule has 0 radical (unpaired) electrons. The predicted octanol–water partition coefficient (Wildman–Crippen LogP) is 2.11. The van der Waals surface area contributed by atoms with E-state index in [4.69, 9.17) is 0 Å². The van der Waals surface area contributed by atoms with Gasteiger partial charge in [-0.1, -0.05) is 37.8 Å². The van der Waals surface area contributed by atoms with Crippen LogP contribution in [0, 0.1) is 5.92 Å². The molecule has 1 N–H and O–H groups in total. The predicted molar refractivity (Wildman–Crippen MR) is 134 cm³/mol. The lowest BCUT2D eigenvalue weighted by Crippen LogP contribution is -2.44. The molecule has 2 aliphatic heterocycles. The summed E-state index contributed by atoms with van der Waals surface area (Å²) in [7, 11) is -3.93. The fourth-order valence-electron chi connectivity index (χ4n) is 4.82. The molecule has 4 rings (SSSR count). The van der Waals surface area contributed by atoms with Crippen molar-refractivity contribution in [2.24, 2.45) is 5.92 Å². The number of Topliss-reactive ketones (excluding diaryl/α,β-unsaturated/α-hetero) is 1. The molecule has 0 saturated carbocycles. The molecule has 2 amide bonds. The molecule has 0 spiro atoms. The Morgan fingerprint density at radius 2 is 1.97 bits per heavy atom. The molecule has 2 fully saturated rings. The van der Waals surface area contributed by atoms with E-state index in [1.807, 2.05) is 19.1 Å². The van der Waals surface area contributed by atoms with Gasteiger partial charge in [-0.05, 0) is 48.6 Å². The summed E-state index contributed by atoms with van der Waals surface area (Å²) in [6, 6.07) is 10.4. The molecule has 1 aromatic carbocycles. The first kappa shape index (κ1) is 25.7. The van der Waals surface area contributed by atoms with Crippen LogP contribution < -0.4 is 5.32 Å². The third kappa shape index (κ3) is 5.24. The molecule has 3 heterocycles. The molecular weight excluding hydrogens is 480 g/mol. The van der Waals surface area contributed by atoms with Crippen molar-refractivity contribution < 1.29 is 22.8 Å². The minimum absolute atomic E-state index is 0.0233. The zero-order valence-electron chi connectivity index (χ0n) is 20.2. The van der Waals surface area contributed by atoms with Gasteiger partial charge in [0, 0.05) is 31.3 Å². The van der Waals surface area contributed by atoms with Crippen molar-refractivity contribution in [1.29, 1.82) is 0 Å². The maximum absolute atomic E-state index is 13.1. The fourth-order valence-corrected chi connectivity index (χ4v) is 6.37. The molecule has 2 aliphatic rings. The van der Waals surface area contributed by atoms with Gasteiger partial charge < -0.3 is 10.2 Å². The van der Waals surface area contributed by atoms with E-state index < -0.39 is 22.1 Å². The van der Waals surface area contributed by atoms with Crippen molar-refractivity contribution in [3.05, 3.63) is 66.4 Å². The average Bonchev–Trinajstić information content (AvgIpc) is 3.46. The summed E-state index contributed by atoms with van der Waals surface area (Å²) in [6.45, 7) is 6.10. The summed E-state index contributed by atoms with van der Waals surface area (Å²) in [5.41, 5.74) is 1.48. The second-order valence-corrected chi connectivity index (χ2v) is 11.1. The Hall–Kier alpha value is -3.37. The number of ketones is 1. The van der Waals surface area contributed by atoms with E-state index in [1.165, 1.54) is 21.5 Å². The first-order chi connectivity index (χ1) is 17.2. The molecule has 3 unspecified atom stereocenters. The molecule has 3 atom stereocenters. The van der Waals surface area contributed by atoms with Gasteiger partial charge >= 0.3 is 0 Å². The maximum atomic E-state index is 13.1. The summed E-state index contributed by atoms with van der Waals surface area (Å²) in [5.74, 6) is -0.651. The van der Waals surface area contributed by atoms with Gasteiger partial charge in [-0.15, -0.1) is 0 Å². The molecule has 190 valence electrons. The molecule has 2 aromatic rings. The van der Waals surface area contributed by atoms with Crippen LogP contribution in [-0.2, 0) is 19.6 Å². The molecule has 2 saturated heterocycles. The van der Waals surface area contributed by atoms with Crippen LogP contribution in [0.4, 0.5) is 0 Å². The zero-order valence-corrected chi connectivity index (χ0v) is 21.0. The molecular formula is C26H30N4O5S. The van der Waals surface area contributed by atoms with Gasteiger partial charge in [0.25, 0.3) is 15.9 Å². The second-order valence-electron chi connectivity index (χ2n) is 9.25. The number of sulfonamides is 1. The molecule has 36 heavy (non-hydrogen) atoms. The van der Waals surface area contributed by atoms with Crippen LogP contribution in [0.25, 0.3) is 6.08 Å². The first-order valence-corrected chi connectivity index (χ1v) is 13.4. The Labute approximate surface area is 211 Å². The number of benzene rings is 1. The van der Waals surface area contributed by atoms with Crippen LogP contribution in [0.5, 0.6) is 0 Å². The number of fused-ring (bicyclic) bond motifs is 1. The third-order valence-electron chi connectivity index (χ3n) is 6.76. The summed E-state index contributed by atoms with van der Waals surface area (Å²) in [5, 5.41) is 2.77. The van der Waals surface area contributed by atoms with Crippen molar-refractivity contribution in [2.75, 3.05) is 19.6 Å². The lowest BCUT2D eigenvalue weighted by Gasteiger charge is -2.25. The zero-order chi connectivity index (χ0) is 25.9. The van der Waals surface area contributed by atoms with Gasteiger partial charge in [-0.2, -0.15) is 4.31 Å². The van der Waals surface area contributed by atoms with Crippen molar-refractivity contribution in [2.45, 2.75) is 43.3 Å². The van der Waals surface area contributed by atoms with Gasteiger partial charge in [-0.25, -0.2) is 13.4 Å². The minimum Gasteiger partial charge on any atom is -0.352 e. The SMILES string of the molecule is C=Cc1ccc(C(=O)NCCC(C)CC(=O)N2CCC3C2C(=O)CN3S(=O)(=O)c2ccccn2)cc1. The number of hydrogen-bond acceptors (Lipinski definition) is 6. The number of carbonyl (C=O) groups excluding carboxylic acids is 3. The fraction of sp³-hybridized carbons (Fsp3) is 0.385. The first-order valence-electron chi connectivity index (χ1n) is 12.0. The highest BCUT2D eigenvalue weighted by Crippen LogP contribution is 2.34. The standard InChI is InChI=1S/C26H30N4O5S/c1-3-19-7-9-20(10-8-19)26(33)28-14-11-18(2)16-24(32)29-15-12-21-25(29)22(31)17-30(21)36(34,35)23-6-4-5-13-27-23/h3-10,13,18,21,25H,1,11-12,14-17H2,2H3,(H,28,33). The van der Waals surface area contributed by atoms with Crippen LogP contribution in [0.3, 0.4) is 0 Å². The van der Waals surface area contributed by atoms with E-state index in [0.29, 0.717) is 31.5 Å². The number of hydrogen-bond donors (Lipinski definition) is 1. The molecule has 0 bridgehead atoms. The number of nitrogens with one attached hydrogen (secondary N) is 1. The Bertz CT molecular complexity index is 1250. The monoisotopic (exact) mass is 510 g/mol. The molecule has 1 aromatic heterocycles. The van der Waals surface area contributed by atoms with Gasteiger partial charge in [0.05, 0.1) is 12.6 Å². The van der Waals surface area contributed by atoms with Gasteiger partial charge in [-0.3, -0.25) is 14.4 Å². The summed E-state index contributed by atoms with van der Waals surface area (Å²) < 4.78 is 27.3. The topological polar surface area (TPSA) is 117 Å². The van der Waals surface area contributed by atoms with Gasteiger partial charge in [0.15, 0.2) is 10.8 Å². The number of rotatable bonds is 9. The Balaban J connectivity index is 1.30. The Morgan fingerprint density at radius 3 is 2.64 bits per heavy atom. The van der Waals surface area contributed by atoms with Crippen molar-refractivity contribution in [3.8, 4) is 0 Å². The van der Waals surface area contributed by atoms with E-state index in [1.54, 1.807) is 30.3 Å². The van der Waals surface area contributed by atoms with Crippen LogP contribution in [0.15, 0.2) is 60.3 Å². The summed E-state index contributed by atoms with van der Waals surface area (Å²) in [6.07, 6.45) is 4.32. The largest absolute Gasteiger partial charge is 0.352 e. The summed E-state index contributed by atoms with van der Waals surface area (Å²) >= 11 is 0. The summed E-state index contributed by atoms with van der Waals surface area (Å²) in [4.78, 5) is 43.6. The van der Waals surface area contributed by atoms with Crippen LogP contribution in [0.1, 0.15) is 42.1 Å². The van der Waals surface area contributed by atoms with E-state index in [2.05, 4.69) is 16.9 Å². The van der Waals surface area contributed by atoms with E-state index in [-0.39, 0.29) is 41.5 Å². The smallest absolute Gasteiger partial charge is 0.261 e. The molecule has 10 heteroatoms. The van der Waals surface area contributed by atoms with Crippen LogP contribution in [0.2, 0.25) is 0 Å². The van der Waals surface area contributed by atoms with Crippen LogP contribution in [-0.4, -0.2) is 71.9 Å². The number of carbonyl (C=O) groups is 3. The Morgan fingerprint density at radius 1 is 1.22 bits per heavy atom. The number of likely N-dealkylation sites (tertiary alicyclic amines) is 1. The Kier molecular flexibility index (Phi) is 7.65. The number of aromatic nitrogens is 1. The highest BCUT2D eigenvalue weighted by Gasteiger charge is 2.53. The van der Waals surface area contributed by atoms with Gasteiger partial charge in [0.1, 0.15) is 6.04 Å². The lowest BCUT2D eigenvalue weighted by atomic mass is 10.0. The van der Waals surface area contributed by atoms with Crippen molar-refractivity contribution in [3.63, 3.8) is 0 Å². The third-order valence-corrected chi connectivity index (χ3v) is 8.55. The van der Waals surface area contributed by atoms with Crippen LogP contribution >= 0.6 is 0 Å². The lowest BCUT2D eigenvalue weighted by molar-refractivity contribution is -0.137. The van der Waals surface area contributed by atoms with E-state index in [9.17, 15) is 22.8 Å². The number of nitrogens with zero attached hydrogens (tertiary/aromatic N) is 3. The number of amides is 2. The minimum atomic E-state index is -3.93. The quantitative estimate of drug-likeness (QED) is 0.552. The maximum Gasteiger partial charge on any atom is 0.261 e. The van der Waals surface area contributed by atoms with Gasteiger partial charge in [0.2, 0.25) is 5.91 Å². The highest BCUT2D eigenvalue weighted by atomic mass is 32.2. The average molecular weight is 511 g/mol. The second kappa shape index (κ2) is 10.7. The van der Waals surface area contributed by atoms with Crippen molar-refractivity contribution in [1.82, 2.24) is 19.5 Å². The van der Waals surface area contributed by atoms with E-state index in [0.717, 1.165) is 5.56 Å².